The Morgan fingerprint density at radius 1 is 1.10 bits per heavy atom. The number of aryl methyl sites for hydroxylation is 1. The Labute approximate surface area is 172 Å². The molecule has 1 aliphatic rings. The molecule has 7 nitrogen and oxygen atoms in total. The maximum absolute atomic E-state index is 12.8. The second-order valence-electron chi connectivity index (χ2n) is 8.52. The normalized spacial score (nSPS) is 15.3. The molecule has 0 radical (unpaired) electrons. The Kier molecular flexibility index (Phi) is 5.96. The third kappa shape index (κ3) is 4.96. The zero-order valence-electron chi connectivity index (χ0n) is 17.9. The third-order valence-corrected chi connectivity index (χ3v) is 5.06. The third-order valence-electron chi connectivity index (χ3n) is 5.06. The van der Waals surface area contributed by atoms with Gasteiger partial charge in [0.15, 0.2) is 0 Å². The number of benzene rings is 1. The van der Waals surface area contributed by atoms with Gasteiger partial charge in [-0.3, -0.25) is 4.79 Å². The molecule has 1 aliphatic heterocycles. The van der Waals surface area contributed by atoms with Crippen molar-refractivity contribution >= 4 is 17.7 Å². The van der Waals surface area contributed by atoms with Crippen LogP contribution in [0.3, 0.4) is 0 Å². The Bertz CT molecular complexity index is 875. The minimum atomic E-state index is -0.515. The first-order valence-electron chi connectivity index (χ1n) is 10.1. The van der Waals surface area contributed by atoms with E-state index in [1.165, 1.54) is 0 Å². The number of amides is 2. The van der Waals surface area contributed by atoms with Crippen molar-refractivity contribution < 1.29 is 14.3 Å². The van der Waals surface area contributed by atoms with Gasteiger partial charge < -0.3 is 15.0 Å². The van der Waals surface area contributed by atoms with Crippen LogP contribution in [0.1, 0.15) is 45.0 Å². The second kappa shape index (κ2) is 8.27. The zero-order valence-corrected chi connectivity index (χ0v) is 17.9. The van der Waals surface area contributed by atoms with Crippen molar-refractivity contribution in [2.75, 3.05) is 18.4 Å². The topological polar surface area (TPSA) is 76.5 Å². The van der Waals surface area contributed by atoms with Crippen molar-refractivity contribution in [3.05, 3.63) is 41.7 Å². The van der Waals surface area contributed by atoms with E-state index in [0.29, 0.717) is 25.9 Å². The van der Waals surface area contributed by atoms with E-state index >= 15 is 0 Å². The molecule has 0 bridgehead atoms. The summed E-state index contributed by atoms with van der Waals surface area (Å²) in [6.45, 7) is 10.4. The first-order chi connectivity index (χ1) is 13.7. The molecule has 1 fully saturated rings. The summed E-state index contributed by atoms with van der Waals surface area (Å²) < 4.78 is 7.26. The fourth-order valence-corrected chi connectivity index (χ4v) is 3.52. The van der Waals surface area contributed by atoms with E-state index in [1.807, 2.05) is 69.6 Å². The molecule has 0 saturated carbocycles. The van der Waals surface area contributed by atoms with E-state index < -0.39 is 5.60 Å². The van der Waals surface area contributed by atoms with Gasteiger partial charge in [0, 0.05) is 19.0 Å². The molecule has 29 heavy (non-hydrogen) atoms. The lowest BCUT2D eigenvalue weighted by molar-refractivity contribution is -0.121. The SMILES string of the molecule is Cc1nn(-c2ccccc2)c(C)c1NC(=O)C1CCN(C(=O)OC(C)(C)C)CC1. The standard InChI is InChI=1S/C22H30N4O3/c1-15-19(16(2)26(24-15)18-9-7-6-8-10-18)23-20(27)17-11-13-25(14-12-17)21(28)29-22(3,4)5/h6-10,17H,11-14H2,1-5H3,(H,23,27). The Hall–Kier alpha value is -2.83. The highest BCUT2D eigenvalue weighted by molar-refractivity contribution is 5.93. The summed E-state index contributed by atoms with van der Waals surface area (Å²) >= 11 is 0. The molecule has 2 amide bonds. The summed E-state index contributed by atoms with van der Waals surface area (Å²) in [4.78, 5) is 26.7. The number of rotatable bonds is 3. The smallest absolute Gasteiger partial charge is 0.410 e. The molecule has 1 aromatic carbocycles. The van der Waals surface area contributed by atoms with E-state index in [-0.39, 0.29) is 17.9 Å². The predicted octanol–water partition coefficient (Wildman–Crippen LogP) is 4.07. The molecule has 1 saturated heterocycles. The Balaban J connectivity index is 1.62. The van der Waals surface area contributed by atoms with Crippen molar-refractivity contribution in [3.63, 3.8) is 0 Å². The van der Waals surface area contributed by atoms with Gasteiger partial charge in [-0.15, -0.1) is 0 Å². The molecule has 1 aromatic heterocycles. The van der Waals surface area contributed by atoms with Gasteiger partial charge in [-0.05, 0) is 59.6 Å². The van der Waals surface area contributed by atoms with Crippen LogP contribution >= 0.6 is 0 Å². The van der Waals surface area contributed by atoms with Crippen molar-refractivity contribution in [1.82, 2.24) is 14.7 Å². The van der Waals surface area contributed by atoms with E-state index in [4.69, 9.17) is 4.74 Å². The highest BCUT2D eigenvalue weighted by Crippen LogP contribution is 2.26. The maximum atomic E-state index is 12.8. The number of carbonyl (C=O) groups is 2. The molecule has 2 aromatic rings. The number of anilines is 1. The molecule has 0 aliphatic carbocycles. The number of nitrogens with one attached hydrogen (secondary N) is 1. The van der Waals surface area contributed by atoms with Gasteiger partial charge in [-0.1, -0.05) is 18.2 Å². The average molecular weight is 399 g/mol. The number of ether oxygens (including phenoxy) is 1. The lowest BCUT2D eigenvalue weighted by atomic mass is 9.96. The molecular formula is C22H30N4O3. The summed E-state index contributed by atoms with van der Waals surface area (Å²) in [5.41, 5.74) is 2.88. The summed E-state index contributed by atoms with van der Waals surface area (Å²) in [5, 5.41) is 7.64. The number of aromatic nitrogens is 2. The average Bonchev–Trinajstić information content (AvgIpc) is 2.95. The Morgan fingerprint density at radius 3 is 2.31 bits per heavy atom. The number of para-hydroxylation sites is 1. The number of piperidine rings is 1. The monoisotopic (exact) mass is 398 g/mol. The van der Waals surface area contributed by atoms with Crippen LogP contribution in [0, 0.1) is 19.8 Å². The van der Waals surface area contributed by atoms with Crippen LogP contribution < -0.4 is 5.32 Å². The first kappa shape index (κ1) is 20.9. The van der Waals surface area contributed by atoms with E-state index in [2.05, 4.69) is 10.4 Å². The molecule has 0 atom stereocenters. The van der Waals surface area contributed by atoms with Gasteiger partial charge in [0.1, 0.15) is 5.60 Å². The zero-order chi connectivity index (χ0) is 21.2. The van der Waals surface area contributed by atoms with Crippen LogP contribution in [0.25, 0.3) is 5.69 Å². The number of likely N-dealkylation sites (tertiary alicyclic amines) is 1. The van der Waals surface area contributed by atoms with Crippen molar-refractivity contribution in [2.24, 2.45) is 5.92 Å². The number of carbonyl (C=O) groups excluding carboxylic acids is 2. The summed E-state index contributed by atoms with van der Waals surface area (Å²) in [5.74, 6) is -0.153. The molecule has 3 rings (SSSR count). The maximum Gasteiger partial charge on any atom is 0.410 e. The summed E-state index contributed by atoms with van der Waals surface area (Å²) in [7, 11) is 0. The molecule has 0 unspecified atom stereocenters. The highest BCUT2D eigenvalue weighted by atomic mass is 16.6. The van der Waals surface area contributed by atoms with Crippen LogP contribution in [-0.4, -0.2) is 45.4 Å². The molecule has 1 N–H and O–H groups in total. The fraction of sp³-hybridized carbons (Fsp3) is 0.500. The van der Waals surface area contributed by atoms with Crippen molar-refractivity contribution in [1.29, 1.82) is 0 Å². The molecule has 2 heterocycles. The van der Waals surface area contributed by atoms with Gasteiger partial charge >= 0.3 is 6.09 Å². The van der Waals surface area contributed by atoms with Crippen molar-refractivity contribution in [2.45, 2.75) is 53.1 Å². The van der Waals surface area contributed by atoms with Crippen LogP contribution in [0.5, 0.6) is 0 Å². The second-order valence-corrected chi connectivity index (χ2v) is 8.52. The first-order valence-corrected chi connectivity index (χ1v) is 10.1. The highest BCUT2D eigenvalue weighted by Gasteiger charge is 2.30. The molecule has 0 spiro atoms. The quantitative estimate of drug-likeness (QED) is 0.845. The van der Waals surface area contributed by atoms with Crippen LogP contribution in [0.15, 0.2) is 30.3 Å². The number of hydrogen-bond acceptors (Lipinski definition) is 4. The largest absolute Gasteiger partial charge is 0.444 e. The summed E-state index contributed by atoms with van der Waals surface area (Å²) in [6.07, 6.45) is 0.929. The van der Waals surface area contributed by atoms with Gasteiger partial charge in [-0.25, -0.2) is 9.48 Å². The van der Waals surface area contributed by atoms with Gasteiger partial charge in [0.2, 0.25) is 5.91 Å². The van der Waals surface area contributed by atoms with Crippen LogP contribution in [0.4, 0.5) is 10.5 Å². The predicted molar refractivity (Wildman–Crippen MR) is 112 cm³/mol. The van der Waals surface area contributed by atoms with Gasteiger partial charge in [0.05, 0.1) is 22.8 Å². The summed E-state index contributed by atoms with van der Waals surface area (Å²) in [6, 6.07) is 9.85. The van der Waals surface area contributed by atoms with Gasteiger partial charge in [0.25, 0.3) is 0 Å². The molecule has 156 valence electrons. The number of nitrogens with zero attached hydrogens (tertiary/aromatic N) is 3. The van der Waals surface area contributed by atoms with Gasteiger partial charge in [-0.2, -0.15) is 5.10 Å². The lowest BCUT2D eigenvalue weighted by Crippen LogP contribution is -2.43. The van der Waals surface area contributed by atoms with Crippen LogP contribution in [0.2, 0.25) is 0 Å². The van der Waals surface area contributed by atoms with E-state index in [9.17, 15) is 9.59 Å². The lowest BCUT2D eigenvalue weighted by Gasteiger charge is -2.32. The van der Waals surface area contributed by atoms with E-state index in [0.717, 1.165) is 22.8 Å². The number of hydrogen-bond donors (Lipinski definition) is 1. The minimum absolute atomic E-state index is 0.0207. The minimum Gasteiger partial charge on any atom is -0.444 e. The fourth-order valence-electron chi connectivity index (χ4n) is 3.52. The van der Waals surface area contributed by atoms with E-state index in [1.54, 1.807) is 4.90 Å². The van der Waals surface area contributed by atoms with Crippen LogP contribution in [-0.2, 0) is 9.53 Å². The molecular weight excluding hydrogens is 368 g/mol. The van der Waals surface area contributed by atoms with Crippen molar-refractivity contribution in [3.8, 4) is 5.69 Å². The molecule has 7 heteroatoms. The Morgan fingerprint density at radius 2 is 1.72 bits per heavy atom.